The van der Waals surface area contributed by atoms with Gasteiger partial charge in [0.05, 0.1) is 6.07 Å². The number of nitrogens with zero attached hydrogens (tertiary/aromatic N) is 6. The van der Waals surface area contributed by atoms with Crippen LogP contribution < -0.4 is 20.9 Å². The van der Waals surface area contributed by atoms with Gasteiger partial charge in [-0.05, 0) is 62.5 Å². The molecule has 4 N–H and O–H groups in total. The molecule has 2 aromatic rings. The van der Waals surface area contributed by atoms with E-state index < -0.39 is 5.91 Å². The van der Waals surface area contributed by atoms with Crippen molar-refractivity contribution in [2.75, 3.05) is 60.9 Å². The van der Waals surface area contributed by atoms with E-state index in [-0.39, 0.29) is 11.3 Å². The second kappa shape index (κ2) is 11.8. The van der Waals surface area contributed by atoms with Crippen molar-refractivity contribution < 1.29 is 4.79 Å². The van der Waals surface area contributed by atoms with Gasteiger partial charge in [0.25, 0.3) is 5.91 Å². The number of hydrogen-bond donors (Lipinski definition) is 3. The van der Waals surface area contributed by atoms with Crippen molar-refractivity contribution >= 4 is 35.3 Å². The van der Waals surface area contributed by atoms with Crippen molar-refractivity contribution in [1.82, 2.24) is 14.9 Å². The summed E-state index contributed by atoms with van der Waals surface area (Å²) < 4.78 is 0. The second-order valence-corrected chi connectivity index (χ2v) is 9.38. The maximum absolute atomic E-state index is 12.3. The number of carbonyl (C=O) groups is 1. The van der Waals surface area contributed by atoms with E-state index in [1.807, 2.05) is 17.0 Å². The van der Waals surface area contributed by atoms with Crippen LogP contribution in [0.15, 0.2) is 24.3 Å². The zero-order chi connectivity index (χ0) is 25.5. The number of hydrogen-bond acceptors (Lipinski definition) is 9. The smallest absolute Gasteiger partial charge is 0.254 e. The summed E-state index contributed by atoms with van der Waals surface area (Å²) in [7, 11) is 0. The molecule has 10 nitrogen and oxygen atoms in total. The summed E-state index contributed by atoms with van der Waals surface area (Å²) in [5.74, 6) is 0.449. The molecule has 1 aromatic heterocycles. The third-order valence-corrected chi connectivity index (χ3v) is 7.12. The summed E-state index contributed by atoms with van der Waals surface area (Å²) >= 11 is 0. The predicted octanol–water partition coefficient (Wildman–Crippen LogP) is 2.98. The quantitative estimate of drug-likeness (QED) is 0.481. The lowest BCUT2D eigenvalue weighted by atomic mass is 9.94. The van der Waals surface area contributed by atoms with Crippen LogP contribution in [0.3, 0.4) is 0 Å². The Morgan fingerprint density at radius 2 is 1.89 bits per heavy atom. The minimum Gasteiger partial charge on any atom is -0.370 e. The summed E-state index contributed by atoms with van der Waals surface area (Å²) in [6.07, 6.45) is 4.50. The molecule has 2 aliphatic rings. The Labute approximate surface area is 212 Å². The first-order valence-corrected chi connectivity index (χ1v) is 12.7. The zero-order valence-electron chi connectivity index (χ0n) is 20.9. The number of piperidine rings is 1. The van der Waals surface area contributed by atoms with Gasteiger partial charge in [0.15, 0.2) is 0 Å². The molecule has 0 aliphatic carbocycles. The lowest BCUT2D eigenvalue weighted by Crippen LogP contribution is -2.35. The first-order chi connectivity index (χ1) is 17.5. The molecule has 0 spiro atoms. The first-order valence-electron chi connectivity index (χ1n) is 12.7. The number of nitrogens with one attached hydrogen (secondary N) is 2. The number of amides is 1. The van der Waals surface area contributed by atoms with Crippen LogP contribution in [0.25, 0.3) is 0 Å². The number of nitriles is 1. The lowest BCUT2D eigenvalue weighted by Gasteiger charge is -2.31. The molecule has 4 rings (SSSR count). The zero-order valence-corrected chi connectivity index (χ0v) is 20.9. The second-order valence-electron chi connectivity index (χ2n) is 9.38. The SMILES string of the molecule is CCN1CCCN(c2ccc(Nc3nc(N4CCC(CC#N)CC4)nc(C=N)c3C(N)=O)cc2)CC1. The average molecular weight is 490 g/mol. The molecule has 3 heterocycles. The molecule has 0 radical (unpaired) electrons. The van der Waals surface area contributed by atoms with Crippen molar-refractivity contribution in [3.05, 3.63) is 35.5 Å². The molecule has 2 fully saturated rings. The Bertz CT molecular complexity index is 1100. The van der Waals surface area contributed by atoms with Gasteiger partial charge in [-0.1, -0.05) is 6.92 Å². The molecule has 2 aliphatic heterocycles. The topological polar surface area (TPSA) is 138 Å². The molecule has 0 unspecified atom stereocenters. The van der Waals surface area contributed by atoms with Gasteiger partial charge in [0, 0.05) is 56.7 Å². The van der Waals surface area contributed by atoms with E-state index in [0.717, 1.165) is 82.7 Å². The molecular weight excluding hydrogens is 454 g/mol. The number of likely N-dealkylation sites (N-methyl/N-ethyl adjacent to an activating group) is 1. The fraction of sp³-hybridized carbons (Fsp3) is 0.500. The minimum atomic E-state index is -0.683. The molecule has 1 aromatic carbocycles. The highest BCUT2D eigenvalue weighted by Crippen LogP contribution is 2.28. The highest BCUT2D eigenvalue weighted by Gasteiger charge is 2.25. The maximum Gasteiger partial charge on any atom is 0.254 e. The van der Waals surface area contributed by atoms with E-state index in [9.17, 15) is 4.79 Å². The van der Waals surface area contributed by atoms with E-state index in [0.29, 0.717) is 24.1 Å². The Kier molecular flexibility index (Phi) is 8.33. The number of carbonyl (C=O) groups excluding carboxylic acids is 1. The van der Waals surface area contributed by atoms with E-state index >= 15 is 0 Å². The highest BCUT2D eigenvalue weighted by molar-refractivity contribution is 6.04. The number of aromatic nitrogens is 2. The van der Waals surface area contributed by atoms with Crippen LogP contribution in [0.5, 0.6) is 0 Å². The van der Waals surface area contributed by atoms with Crippen LogP contribution >= 0.6 is 0 Å². The first kappa shape index (κ1) is 25.4. The van der Waals surface area contributed by atoms with Crippen LogP contribution in [-0.4, -0.2) is 72.8 Å². The van der Waals surface area contributed by atoms with Gasteiger partial charge >= 0.3 is 0 Å². The number of rotatable bonds is 8. The molecular formula is C26H35N9O. The molecule has 0 saturated carbocycles. The van der Waals surface area contributed by atoms with Crippen molar-refractivity contribution in [3.63, 3.8) is 0 Å². The van der Waals surface area contributed by atoms with Crippen LogP contribution in [0, 0.1) is 22.7 Å². The molecule has 0 atom stereocenters. The number of nitrogens with two attached hydrogens (primary N) is 1. The van der Waals surface area contributed by atoms with Crippen LogP contribution in [0.4, 0.5) is 23.1 Å². The molecule has 0 bridgehead atoms. The van der Waals surface area contributed by atoms with E-state index in [4.69, 9.17) is 16.4 Å². The van der Waals surface area contributed by atoms with Gasteiger partial charge in [-0.2, -0.15) is 10.2 Å². The Morgan fingerprint density at radius 1 is 1.14 bits per heavy atom. The molecule has 2 saturated heterocycles. The fourth-order valence-electron chi connectivity index (χ4n) is 4.95. The largest absolute Gasteiger partial charge is 0.370 e. The maximum atomic E-state index is 12.3. The highest BCUT2D eigenvalue weighted by atomic mass is 16.1. The summed E-state index contributed by atoms with van der Waals surface area (Å²) in [4.78, 5) is 28.3. The lowest BCUT2D eigenvalue weighted by molar-refractivity contribution is 0.100. The molecule has 10 heteroatoms. The molecule has 36 heavy (non-hydrogen) atoms. The number of primary amides is 1. The summed E-state index contributed by atoms with van der Waals surface area (Å²) in [6, 6.07) is 10.4. The third kappa shape index (κ3) is 5.91. The minimum absolute atomic E-state index is 0.101. The van der Waals surface area contributed by atoms with Crippen LogP contribution in [0.2, 0.25) is 0 Å². The molecule has 1 amide bonds. The van der Waals surface area contributed by atoms with Crippen molar-refractivity contribution in [2.24, 2.45) is 11.7 Å². The molecule has 190 valence electrons. The van der Waals surface area contributed by atoms with Crippen molar-refractivity contribution in [3.8, 4) is 6.07 Å². The van der Waals surface area contributed by atoms with Crippen LogP contribution in [0.1, 0.15) is 48.7 Å². The van der Waals surface area contributed by atoms with Crippen LogP contribution in [-0.2, 0) is 0 Å². The summed E-state index contributed by atoms with van der Waals surface area (Å²) in [6.45, 7) is 8.93. The van der Waals surface area contributed by atoms with Gasteiger partial charge in [-0.25, -0.2) is 4.98 Å². The average Bonchev–Trinajstić information content (AvgIpc) is 3.15. The standard InChI is InChI=1S/C26H35N9O/c1-2-33-12-3-13-34(17-16-33)21-6-4-20(5-7-21)30-25-23(24(29)36)22(18-28)31-26(32-25)35-14-9-19(8-11-27)10-15-35/h4-7,18-19,28H,2-3,8-10,12-17H2,1H3,(H2,29,36)(H,30,31,32). The number of benzene rings is 1. The van der Waals surface area contributed by atoms with E-state index in [1.54, 1.807) is 0 Å². The van der Waals surface area contributed by atoms with Crippen molar-refractivity contribution in [2.45, 2.75) is 32.6 Å². The summed E-state index contributed by atoms with van der Waals surface area (Å²) in [5, 5.41) is 20.1. The third-order valence-electron chi connectivity index (χ3n) is 7.12. The van der Waals surface area contributed by atoms with Crippen molar-refractivity contribution in [1.29, 1.82) is 10.7 Å². The van der Waals surface area contributed by atoms with Gasteiger partial charge in [0.1, 0.15) is 17.1 Å². The van der Waals surface area contributed by atoms with E-state index in [1.165, 1.54) is 0 Å². The Balaban J connectivity index is 1.54. The number of anilines is 4. The summed E-state index contributed by atoms with van der Waals surface area (Å²) in [5.41, 5.74) is 7.90. The van der Waals surface area contributed by atoms with Gasteiger partial charge in [0.2, 0.25) is 5.95 Å². The Morgan fingerprint density at radius 3 is 2.53 bits per heavy atom. The van der Waals surface area contributed by atoms with Gasteiger partial charge < -0.3 is 31.2 Å². The predicted molar refractivity (Wildman–Crippen MR) is 142 cm³/mol. The Hall–Kier alpha value is -3.71. The van der Waals surface area contributed by atoms with Gasteiger partial charge in [-0.15, -0.1) is 0 Å². The van der Waals surface area contributed by atoms with E-state index in [2.05, 4.69) is 50.2 Å². The fourth-order valence-corrected chi connectivity index (χ4v) is 4.95. The monoisotopic (exact) mass is 489 g/mol. The van der Waals surface area contributed by atoms with Gasteiger partial charge in [-0.3, -0.25) is 4.79 Å². The normalized spacial score (nSPS) is 17.3.